The van der Waals surface area contributed by atoms with Gasteiger partial charge in [-0.2, -0.15) is 0 Å². The molecule has 0 radical (unpaired) electrons. The molecule has 129 heavy (non-hydrogen) atoms. The topological polar surface area (TPSA) is 535 Å². The lowest BCUT2D eigenvalue weighted by atomic mass is 9.51. The first-order valence-corrected chi connectivity index (χ1v) is 44.6. The summed E-state index contributed by atoms with van der Waals surface area (Å²) in [5, 5.41) is 69.0. The van der Waals surface area contributed by atoms with Crippen molar-refractivity contribution in [3.05, 3.63) is 185 Å². The number of amides is 11. The summed E-state index contributed by atoms with van der Waals surface area (Å²) in [5.74, 6) is -7.51. The zero-order chi connectivity index (χ0) is 92.4. The number of nitrogens with zero attached hydrogens (tertiary/aromatic N) is 4. The fourth-order valence-corrected chi connectivity index (χ4v) is 19.5. The van der Waals surface area contributed by atoms with Gasteiger partial charge in [-0.05, 0) is 188 Å². The van der Waals surface area contributed by atoms with E-state index in [0.717, 1.165) is 49.3 Å². The molecule has 34 nitrogen and oxygen atoms in total. The van der Waals surface area contributed by atoms with Crippen LogP contribution in [0, 0.1) is 23.2 Å². The quantitative estimate of drug-likeness (QED) is 0.0149. The number of guanidine groups is 1. The molecule has 0 unspecified atom stereocenters. The molecular formula is C95H122N18O16. The number of nitrogens with two attached hydrogens (primary N) is 3. The number of rotatable bonds is 38. The summed E-state index contributed by atoms with van der Waals surface area (Å²) in [6.07, 6.45) is 14.6. The molecule has 2 aliphatic heterocycles. The van der Waals surface area contributed by atoms with E-state index in [0.29, 0.717) is 70.8 Å². The SMILES string of the molecule is CC(C)C[C@H](NC(=O)[C@@H](Cc1ccc2ccccc2c1)NC(=O)[C@H](Cc1ccc(O)cc1)NC(=O)[C@H](CO)NC(=O)[C@H](Cc1c[nH]c2ccccc12)NC(=O)[C@H](Cc1cnc[nH]1)NC(=O)[C@@H]1CCC(=O)N1)C(=O)N[C@@H](CCCN=C(N)N)C(=O)N1CCC[C@H]1C(=O)NCC(N)=O.CN(C)c1ccc([C@H]2C[C@]3(C)[C@@H](CC[C@]3(O)CCCO)[C@@H]3CCC4=CC(=O)CCC4=C32)cc1. The molecule has 0 spiro atoms. The third-order valence-electron chi connectivity index (χ3n) is 26.2. The molecule has 688 valence electrons. The molecule has 4 heterocycles. The molecule has 2 aromatic heterocycles. The summed E-state index contributed by atoms with van der Waals surface area (Å²) in [7, 11) is 4.14. The van der Waals surface area contributed by atoms with Crippen molar-refractivity contribution in [3.8, 4) is 5.75 Å². The van der Waals surface area contributed by atoms with Crippen LogP contribution in [0.25, 0.3) is 21.7 Å². The number of phenols is 1. The molecule has 7 aromatic rings. The molecule has 13 rings (SSSR count). The van der Waals surface area contributed by atoms with E-state index in [1.165, 1.54) is 64.1 Å². The second kappa shape index (κ2) is 43.3. The number of aromatic amines is 2. The van der Waals surface area contributed by atoms with Gasteiger partial charge in [0.15, 0.2) is 11.7 Å². The molecule has 34 heteroatoms. The van der Waals surface area contributed by atoms with Gasteiger partial charge in [-0.25, -0.2) is 4.98 Å². The fourth-order valence-electron chi connectivity index (χ4n) is 19.5. The Morgan fingerprint density at radius 3 is 1.95 bits per heavy atom. The minimum atomic E-state index is -1.80. The number of carbonyl (C=O) groups is 12. The summed E-state index contributed by atoms with van der Waals surface area (Å²) >= 11 is 0. The van der Waals surface area contributed by atoms with Gasteiger partial charge in [0.1, 0.15) is 60.1 Å². The number of para-hydroxylation sites is 1. The minimum absolute atomic E-state index is 0.00766. The van der Waals surface area contributed by atoms with Crippen LogP contribution in [-0.4, -0.2) is 224 Å². The van der Waals surface area contributed by atoms with Crippen LogP contribution in [0.2, 0.25) is 0 Å². The predicted molar refractivity (Wildman–Crippen MR) is 484 cm³/mol. The summed E-state index contributed by atoms with van der Waals surface area (Å²) < 4.78 is 0. The second-order valence-corrected chi connectivity index (χ2v) is 35.7. The number of primary amides is 1. The maximum absolute atomic E-state index is 15.1. The van der Waals surface area contributed by atoms with E-state index in [4.69, 9.17) is 17.2 Å². The van der Waals surface area contributed by atoms with E-state index >= 15 is 9.59 Å². The number of anilines is 1. The van der Waals surface area contributed by atoms with Crippen LogP contribution >= 0.6 is 0 Å². The number of phenolic OH excluding ortho intramolecular Hbond substituents is 1. The van der Waals surface area contributed by atoms with E-state index in [9.17, 15) is 68.4 Å². The zero-order valence-corrected chi connectivity index (χ0v) is 73.7. The maximum Gasteiger partial charge on any atom is 0.245 e. The second-order valence-electron chi connectivity index (χ2n) is 35.7. The third kappa shape index (κ3) is 24.0. The number of fused-ring (bicyclic) bond motifs is 6. The maximum atomic E-state index is 15.1. The van der Waals surface area contributed by atoms with Gasteiger partial charge in [0, 0.05) is 118 Å². The number of benzene rings is 5. The van der Waals surface area contributed by atoms with E-state index in [-0.39, 0.29) is 125 Å². The van der Waals surface area contributed by atoms with Crippen molar-refractivity contribution >= 4 is 104 Å². The Morgan fingerprint density at radius 2 is 1.29 bits per heavy atom. The number of hydrogen-bond donors (Lipinski definition) is 18. The van der Waals surface area contributed by atoms with Crippen molar-refractivity contribution in [1.82, 2.24) is 67.7 Å². The molecule has 6 aliphatic rings. The zero-order valence-electron chi connectivity index (χ0n) is 73.7. The molecule has 14 atom stereocenters. The van der Waals surface area contributed by atoms with Crippen LogP contribution in [0.1, 0.15) is 157 Å². The number of aliphatic hydroxyl groups excluding tert-OH is 2. The molecule has 2 saturated carbocycles. The van der Waals surface area contributed by atoms with Gasteiger partial charge in [-0.15, -0.1) is 0 Å². The number of nitrogens with one attached hydrogen (secondary N) is 11. The third-order valence-corrected chi connectivity index (χ3v) is 26.2. The van der Waals surface area contributed by atoms with Gasteiger partial charge in [-0.3, -0.25) is 62.5 Å². The van der Waals surface area contributed by atoms with Gasteiger partial charge in [0.25, 0.3) is 0 Å². The molecule has 4 fully saturated rings. The lowest BCUT2D eigenvalue weighted by molar-refractivity contribution is -0.142. The number of hydrogen-bond acceptors (Lipinski definition) is 19. The number of H-pyrrole nitrogens is 2. The monoisotopic (exact) mass is 1770 g/mol. The van der Waals surface area contributed by atoms with Crippen LogP contribution < -0.4 is 70.0 Å². The number of ketones is 1. The number of allylic oxidation sites excluding steroid dienone is 4. The Hall–Kier alpha value is -12.8. The molecule has 2 saturated heterocycles. The Balaban J connectivity index is 0.000000378. The number of aliphatic imine (C=N–C) groups is 1. The summed E-state index contributed by atoms with van der Waals surface area (Å²) in [4.78, 5) is 183. The minimum Gasteiger partial charge on any atom is -0.508 e. The number of imidazole rings is 1. The summed E-state index contributed by atoms with van der Waals surface area (Å²) in [5.41, 5.74) is 25.1. The Kier molecular flexibility index (Phi) is 32.0. The smallest absolute Gasteiger partial charge is 0.245 e. The first-order valence-electron chi connectivity index (χ1n) is 44.6. The van der Waals surface area contributed by atoms with E-state index in [1.807, 2.05) is 42.5 Å². The van der Waals surface area contributed by atoms with Crippen LogP contribution in [0.3, 0.4) is 0 Å². The van der Waals surface area contributed by atoms with Crippen molar-refractivity contribution in [2.24, 2.45) is 45.4 Å². The molecule has 21 N–H and O–H groups in total. The van der Waals surface area contributed by atoms with Gasteiger partial charge in [-0.1, -0.05) is 111 Å². The first kappa shape index (κ1) is 95.3. The first-order chi connectivity index (χ1) is 61.8. The average molecular weight is 1770 g/mol. The average Bonchev–Trinajstić information content (AvgIpc) is 1.60. The normalized spacial score (nSPS) is 21.4. The molecule has 5 aromatic carbocycles. The van der Waals surface area contributed by atoms with Crippen molar-refractivity contribution < 1.29 is 78.0 Å². The lowest BCUT2D eigenvalue weighted by Crippen LogP contribution is -2.61. The number of aromatic hydroxyl groups is 1. The van der Waals surface area contributed by atoms with Crippen LogP contribution in [0.15, 0.2) is 162 Å². The van der Waals surface area contributed by atoms with E-state index in [1.54, 1.807) is 55.9 Å². The molecule has 4 aliphatic carbocycles. The Morgan fingerprint density at radius 1 is 0.659 bits per heavy atom. The highest BCUT2D eigenvalue weighted by Gasteiger charge is 2.62. The number of aromatic nitrogens is 3. The van der Waals surface area contributed by atoms with E-state index < -0.39 is 132 Å². The predicted octanol–water partition coefficient (Wildman–Crippen LogP) is 3.53. The highest BCUT2D eigenvalue weighted by Crippen LogP contribution is 2.67. The number of likely N-dealkylation sites (tertiary alicyclic amines) is 1. The van der Waals surface area contributed by atoms with Crippen molar-refractivity contribution in [3.63, 3.8) is 0 Å². The van der Waals surface area contributed by atoms with Gasteiger partial charge in [0.05, 0.1) is 25.1 Å². The van der Waals surface area contributed by atoms with Crippen molar-refractivity contribution in [1.29, 1.82) is 0 Å². The van der Waals surface area contributed by atoms with E-state index in [2.05, 4.69) is 118 Å². The number of carbonyl (C=O) groups excluding carboxylic acids is 12. The van der Waals surface area contributed by atoms with Crippen LogP contribution in [0.4, 0.5) is 5.69 Å². The highest BCUT2D eigenvalue weighted by molar-refractivity contribution is 6.00. The Bertz CT molecular complexity index is 5320. The van der Waals surface area contributed by atoms with Gasteiger partial charge in [0.2, 0.25) is 65.0 Å². The molecular weight excluding hydrogens is 1650 g/mol. The highest BCUT2D eigenvalue weighted by atomic mass is 16.3. The van der Waals surface area contributed by atoms with Crippen molar-refractivity contribution in [2.75, 3.05) is 51.8 Å². The van der Waals surface area contributed by atoms with Gasteiger partial charge >= 0.3 is 0 Å². The standard InChI is InChI=1S/C66H83N17O13.C29H39NO3/c1-36(2)25-48(58(89)76-47(13-7-23-71-66(68)69)65(96)83-24-8-14-54(83)64(95)73-33-55(67)86)77-60(91)50(28-38-15-18-39-9-3-4-10-40(39)26-38)78-59(90)49(27-37-16-19-43(85)20-17-37)79-63(94)53(34-84)82-61(92)51(29-41-31-72-45-12-6-5-11-44(41)45)80-62(93)52(30-42-32-70-35-74-42)81-57(88)46-21-22-56(87)75-46;1-28-18-25(19-5-8-21(9-6-19)30(2)3)27-23-12-10-22(32)17-20(23)7-11-24(27)26(28)13-15-29(28,33)14-4-16-31/h3-6,9-12,15-20,26,31-32,35-36,46-54,72,84-85H,7-8,13-14,21-25,27-30,33-34H2,1-2H3,(H2,67,86)(H,70,74)(H,73,95)(H,75,87)(H,76,89)(H,77,91)(H,78,90)(H,79,94)(H,80,93)(H,81,88)(H,82,92)(H4,68,69,71);5-6,8-9,17,24-26,31,33H,4,7,10-16,18H2,1-3H3/t46-,47-,48-,49-,50+,51-,52-,53-,54-;24-,25+,26-,28+,29+/m00/s1. The largest absolute Gasteiger partial charge is 0.508 e. The summed E-state index contributed by atoms with van der Waals surface area (Å²) in [6.45, 7) is 4.81. The van der Waals surface area contributed by atoms with Crippen LogP contribution in [0.5, 0.6) is 5.75 Å². The lowest BCUT2D eigenvalue weighted by Gasteiger charge is -2.55. The van der Waals surface area contributed by atoms with Crippen molar-refractivity contribution in [2.45, 2.75) is 215 Å². The van der Waals surface area contributed by atoms with Gasteiger partial charge < -0.3 is 105 Å². The fraction of sp³-hybridized carbons (Fsp3) is 0.474. The number of aliphatic hydroxyl groups is 3. The van der Waals surface area contributed by atoms with Crippen LogP contribution in [-0.2, 0) is 83.2 Å². The Labute approximate surface area is 748 Å². The molecule has 0 bridgehead atoms. The molecule has 11 amide bonds. The summed E-state index contributed by atoms with van der Waals surface area (Å²) in [6, 6.07) is 22.5.